The zero-order valence-electron chi connectivity index (χ0n) is 26.3. The highest BCUT2D eigenvalue weighted by Crippen LogP contribution is 2.65. The number of hydrogen-bond donors (Lipinski definition) is 4. The van der Waals surface area contributed by atoms with Crippen LogP contribution in [-0.2, 0) is 32.0 Å². The highest BCUT2D eigenvalue weighted by molar-refractivity contribution is 6.37. The van der Waals surface area contributed by atoms with Crippen molar-refractivity contribution in [3.63, 3.8) is 0 Å². The van der Waals surface area contributed by atoms with Crippen molar-refractivity contribution >= 4 is 28.9 Å². The van der Waals surface area contributed by atoms with Gasteiger partial charge in [-0.15, -0.1) is 0 Å². The number of carbonyl (C=O) groups is 5. The van der Waals surface area contributed by atoms with Gasteiger partial charge in [-0.1, -0.05) is 65.0 Å². The molecule has 0 spiro atoms. The molecule has 2 aromatic rings. The molecule has 9 heteroatoms. The summed E-state index contributed by atoms with van der Waals surface area (Å²) >= 11 is 0. The van der Waals surface area contributed by atoms with Gasteiger partial charge in [-0.25, -0.2) is 0 Å². The topological polar surface area (TPSA) is 166 Å². The number of Topliss-reactive ketones (excluding diaryl/α,β-unsaturated/α-hetero) is 5. The first kappa shape index (κ1) is 32.0. The number of phenolic OH excluding ortho intramolecular Hbond substituents is 1. The van der Waals surface area contributed by atoms with E-state index in [1.54, 1.807) is 65.0 Å². The molecule has 236 valence electrons. The molecule has 0 bridgehead atoms. The van der Waals surface area contributed by atoms with Gasteiger partial charge in [0.05, 0.1) is 5.56 Å². The molecule has 9 nitrogen and oxygen atoms in total. The molecule has 0 saturated heterocycles. The summed E-state index contributed by atoms with van der Waals surface area (Å²) < 4.78 is 0. The van der Waals surface area contributed by atoms with Crippen LogP contribution in [-0.4, -0.2) is 54.9 Å². The number of allylic oxidation sites excluding steroid dienone is 2. The van der Waals surface area contributed by atoms with Gasteiger partial charge in [-0.05, 0) is 54.0 Å². The summed E-state index contributed by atoms with van der Waals surface area (Å²) in [5, 5.41) is 46.2. The Balaban J connectivity index is 1.68. The average Bonchev–Trinajstić information content (AvgIpc) is 2.94. The first-order valence-corrected chi connectivity index (χ1v) is 15.1. The summed E-state index contributed by atoms with van der Waals surface area (Å²) in [5.41, 5.74) is -3.73. The van der Waals surface area contributed by atoms with E-state index >= 15 is 0 Å². The van der Waals surface area contributed by atoms with Crippen molar-refractivity contribution in [3.8, 4) is 16.9 Å². The zero-order valence-corrected chi connectivity index (χ0v) is 26.3. The second-order valence-corrected chi connectivity index (χ2v) is 13.5. The molecule has 0 aliphatic heterocycles. The van der Waals surface area contributed by atoms with Gasteiger partial charge in [-0.3, -0.25) is 24.0 Å². The van der Waals surface area contributed by atoms with Gasteiger partial charge in [-0.2, -0.15) is 0 Å². The van der Waals surface area contributed by atoms with Crippen molar-refractivity contribution in [2.75, 3.05) is 0 Å². The smallest absolute Gasteiger partial charge is 0.209 e. The van der Waals surface area contributed by atoms with Crippen LogP contribution in [0.25, 0.3) is 11.1 Å². The Kier molecular flexibility index (Phi) is 7.56. The van der Waals surface area contributed by atoms with Gasteiger partial charge >= 0.3 is 0 Å². The first-order valence-electron chi connectivity index (χ1n) is 15.1. The summed E-state index contributed by atoms with van der Waals surface area (Å²) in [6.45, 7) is 9.64. The number of aromatic hydroxyl groups is 1. The number of phenols is 1. The minimum absolute atomic E-state index is 0.00743. The maximum absolute atomic E-state index is 14.3. The second kappa shape index (κ2) is 10.6. The summed E-state index contributed by atoms with van der Waals surface area (Å²) in [7, 11) is 0. The van der Waals surface area contributed by atoms with Gasteiger partial charge in [0.2, 0.25) is 11.6 Å². The number of carbonyl (C=O) groups excluding carboxylic acids is 5. The maximum atomic E-state index is 14.3. The third-order valence-electron chi connectivity index (χ3n) is 10.2. The van der Waals surface area contributed by atoms with Gasteiger partial charge in [0, 0.05) is 35.2 Å². The van der Waals surface area contributed by atoms with Gasteiger partial charge < -0.3 is 20.4 Å². The number of ketones is 5. The van der Waals surface area contributed by atoms with Gasteiger partial charge in [0.15, 0.2) is 23.0 Å². The van der Waals surface area contributed by atoms with Crippen LogP contribution in [0.15, 0.2) is 59.1 Å². The van der Waals surface area contributed by atoms with E-state index in [2.05, 4.69) is 0 Å². The zero-order chi connectivity index (χ0) is 33.4. The Bertz CT molecular complexity index is 1760. The van der Waals surface area contributed by atoms with Gasteiger partial charge in [0.1, 0.15) is 22.8 Å². The third-order valence-corrected chi connectivity index (χ3v) is 10.2. The number of benzene rings is 2. The highest BCUT2D eigenvalue weighted by Gasteiger charge is 2.71. The molecule has 1 unspecified atom stereocenters. The molecule has 0 saturated carbocycles. The van der Waals surface area contributed by atoms with E-state index in [9.17, 15) is 44.4 Å². The molecular weight excluding hydrogens is 576 g/mol. The van der Waals surface area contributed by atoms with Crippen molar-refractivity contribution in [2.45, 2.75) is 72.8 Å². The van der Waals surface area contributed by atoms with Crippen LogP contribution in [0, 0.1) is 22.7 Å². The summed E-state index contributed by atoms with van der Waals surface area (Å²) in [6.07, 6.45) is 0.226. The molecule has 0 fully saturated rings. The summed E-state index contributed by atoms with van der Waals surface area (Å²) in [4.78, 5) is 64.6. The van der Waals surface area contributed by atoms with Crippen LogP contribution < -0.4 is 0 Å². The second-order valence-electron chi connectivity index (χ2n) is 13.5. The van der Waals surface area contributed by atoms with Crippen molar-refractivity contribution in [1.29, 1.82) is 0 Å². The standard InChI is InChI=1S/C36H38O9/c1-7-23(38)25(40)14-19-8-10-20(11-9-19)21-12-13-24(39)27-22(21)15-34(5)16-35(6)28(17(2)3)30(41)26(18(4)37)32(43)36(35,45)33(44)29(34)31(27)42/h8-13,17,28,39,41,44-45H,7,14-16H2,1-6H3/t28?,34-,35-,36+/m1/s1. The Hall–Kier alpha value is -4.37. The summed E-state index contributed by atoms with van der Waals surface area (Å²) in [5.74, 6) is -6.50. The van der Waals surface area contributed by atoms with Crippen LogP contribution in [0.5, 0.6) is 5.75 Å². The van der Waals surface area contributed by atoms with Crippen LogP contribution in [0.2, 0.25) is 0 Å². The summed E-state index contributed by atoms with van der Waals surface area (Å²) in [6, 6.07) is 10.0. The highest BCUT2D eigenvalue weighted by atomic mass is 16.3. The third kappa shape index (κ3) is 4.42. The number of rotatable bonds is 7. The SMILES string of the molecule is CCC(=O)C(=O)Cc1ccc(-c2ccc(O)c3c2C[C@]2(C)C[C@]4(C)C(C(C)C)C(O)=C(C(C)=O)C(=O)[C@]4(O)C(O)=C2C3=O)cc1. The maximum Gasteiger partial charge on any atom is 0.209 e. The van der Waals surface area contributed by atoms with Crippen molar-refractivity contribution in [1.82, 2.24) is 0 Å². The minimum atomic E-state index is -2.67. The monoisotopic (exact) mass is 614 g/mol. The van der Waals surface area contributed by atoms with Crippen LogP contribution in [0.1, 0.15) is 75.9 Å². The van der Waals surface area contributed by atoms with E-state index in [1.165, 1.54) is 6.07 Å². The normalized spacial score (nSPS) is 27.7. The average molecular weight is 615 g/mol. The molecule has 3 aliphatic rings. The Labute approximate surface area is 261 Å². The predicted molar refractivity (Wildman–Crippen MR) is 165 cm³/mol. The van der Waals surface area contributed by atoms with E-state index in [-0.39, 0.29) is 48.5 Å². The van der Waals surface area contributed by atoms with Gasteiger partial charge in [0.25, 0.3) is 0 Å². The van der Waals surface area contributed by atoms with Crippen molar-refractivity contribution in [3.05, 3.63) is 75.8 Å². The molecule has 3 aliphatic carbocycles. The quantitative estimate of drug-likeness (QED) is 0.245. The lowest BCUT2D eigenvalue weighted by Crippen LogP contribution is -2.67. The fraction of sp³-hybridized carbons (Fsp3) is 0.417. The van der Waals surface area contributed by atoms with E-state index in [0.717, 1.165) is 6.92 Å². The first-order chi connectivity index (χ1) is 20.9. The van der Waals surface area contributed by atoms with E-state index in [0.29, 0.717) is 22.3 Å². The molecule has 0 radical (unpaired) electrons. The largest absolute Gasteiger partial charge is 0.511 e. The Morgan fingerprint density at radius 2 is 1.58 bits per heavy atom. The number of aliphatic hydroxyl groups excluding tert-OH is 2. The molecule has 5 rings (SSSR count). The van der Waals surface area contributed by atoms with E-state index in [1.807, 2.05) is 0 Å². The predicted octanol–water partition coefficient (Wildman–Crippen LogP) is 5.10. The van der Waals surface area contributed by atoms with Crippen LogP contribution in [0.4, 0.5) is 0 Å². The molecule has 4 N–H and O–H groups in total. The van der Waals surface area contributed by atoms with Crippen LogP contribution in [0.3, 0.4) is 0 Å². The molecule has 45 heavy (non-hydrogen) atoms. The van der Waals surface area contributed by atoms with E-state index in [4.69, 9.17) is 0 Å². The lowest BCUT2D eigenvalue weighted by molar-refractivity contribution is -0.171. The lowest BCUT2D eigenvalue weighted by Gasteiger charge is -2.59. The minimum Gasteiger partial charge on any atom is -0.511 e. The van der Waals surface area contributed by atoms with Crippen LogP contribution >= 0.6 is 0 Å². The van der Waals surface area contributed by atoms with E-state index < -0.39 is 68.4 Å². The van der Waals surface area contributed by atoms with Crippen molar-refractivity contribution < 1.29 is 44.4 Å². The lowest BCUT2D eigenvalue weighted by atomic mass is 9.44. The fourth-order valence-corrected chi connectivity index (χ4v) is 8.29. The Morgan fingerprint density at radius 1 is 0.956 bits per heavy atom. The molecular formula is C36H38O9. The number of hydrogen-bond acceptors (Lipinski definition) is 9. The molecule has 2 aromatic carbocycles. The molecule has 0 aromatic heterocycles. The molecule has 0 heterocycles. The number of fused-ring (bicyclic) bond motifs is 3. The molecule has 4 atom stereocenters. The van der Waals surface area contributed by atoms with Crippen molar-refractivity contribution in [2.24, 2.45) is 22.7 Å². The fourth-order valence-electron chi connectivity index (χ4n) is 8.29. The number of aliphatic hydroxyl groups is 3. The molecule has 0 amide bonds. The Morgan fingerprint density at radius 3 is 2.13 bits per heavy atom.